The summed E-state index contributed by atoms with van der Waals surface area (Å²) in [5.41, 5.74) is 0. The maximum Gasteiger partial charge on any atom is 0.0618 e. The Morgan fingerprint density at radius 2 is 2.20 bits per heavy atom. The van der Waals surface area contributed by atoms with Gasteiger partial charge in [-0.1, -0.05) is 12.2 Å². The molecule has 4 heteroatoms. The van der Waals surface area contributed by atoms with E-state index in [4.69, 9.17) is 12.2 Å². The molecule has 0 saturated carbocycles. The molecule has 2 N–H and O–H groups in total. The van der Waals surface area contributed by atoms with Crippen LogP contribution in [0.5, 0.6) is 0 Å². The minimum absolute atomic E-state index is 0.327. The average molecular weight is 176 g/mol. The van der Waals surface area contributed by atoms with Gasteiger partial charge in [-0.05, 0) is 13.0 Å². The lowest BCUT2D eigenvalue weighted by molar-refractivity contribution is 0.654. The molecule has 0 aromatic rings. The van der Waals surface area contributed by atoms with Crippen molar-refractivity contribution >= 4 is 29.0 Å². The second-order valence-electron chi connectivity index (χ2n) is 2.38. The summed E-state index contributed by atoms with van der Waals surface area (Å²) >= 11 is 9.08. The molecule has 0 bridgehead atoms. The molecule has 1 heterocycles. The number of rotatable bonds is 1. The first-order valence-corrected chi connectivity index (χ1v) is 4.33. The average Bonchev–Trinajstić information content (AvgIpc) is 2.12. The minimum Gasteiger partial charge on any atom is -0.315 e. The Kier molecular flexibility index (Phi) is 3.62. The lowest BCUT2D eigenvalue weighted by atomic mass is 10.2. The molecule has 0 aromatic heterocycles. The Balaban J connectivity index is 2.35. The highest BCUT2D eigenvalue weighted by molar-refractivity contribution is 8.11. The standard InChI is InChI=1S/C6H12N2S2/c9-6(10)5-1-2-7-3-4-8-5/h5,7-8H,1-4H2,(H,9,10). The van der Waals surface area contributed by atoms with Gasteiger partial charge in [-0.2, -0.15) is 0 Å². The summed E-state index contributed by atoms with van der Waals surface area (Å²) in [6, 6.07) is 0.327. The van der Waals surface area contributed by atoms with Gasteiger partial charge in [-0.25, -0.2) is 0 Å². The van der Waals surface area contributed by atoms with Crippen LogP contribution in [0.25, 0.3) is 0 Å². The summed E-state index contributed by atoms with van der Waals surface area (Å²) in [4.78, 5) is 0. The maximum absolute atomic E-state index is 4.95. The van der Waals surface area contributed by atoms with Crippen molar-refractivity contribution in [3.05, 3.63) is 0 Å². The third-order valence-corrected chi connectivity index (χ3v) is 2.20. The molecule has 1 saturated heterocycles. The highest BCUT2D eigenvalue weighted by atomic mass is 32.1. The topological polar surface area (TPSA) is 24.1 Å². The van der Waals surface area contributed by atoms with Crippen molar-refractivity contribution in [1.82, 2.24) is 10.6 Å². The summed E-state index contributed by atoms with van der Waals surface area (Å²) in [5, 5.41) is 6.58. The van der Waals surface area contributed by atoms with Crippen LogP contribution in [-0.4, -0.2) is 29.9 Å². The Hall–Kier alpha value is 0.360. The minimum atomic E-state index is 0.327. The molecule has 58 valence electrons. The predicted molar refractivity (Wildman–Crippen MR) is 50.9 cm³/mol. The Morgan fingerprint density at radius 1 is 1.40 bits per heavy atom. The van der Waals surface area contributed by atoms with Crippen LogP contribution in [0, 0.1) is 0 Å². The lowest BCUT2D eigenvalue weighted by Gasteiger charge is -2.11. The molecule has 2 nitrogen and oxygen atoms in total. The first-order valence-electron chi connectivity index (χ1n) is 3.47. The van der Waals surface area contributed by atoms with E-state index in [2.05, 4.69) is 23.3 Å². The van der Waals surface area contributed by atoms with Crippen molar-refractivity contribution in [2.75, 3.05) is 19.6 Å². The summed E-state index contributed by atoms with van der Waals surface area (Å²) in [6.07, 6.45) is 1.06. The maximum atomic E-state index is 4.95. The highest BCUT2D eigenvalue weighted by Crippen LogP contribution is 2.00. The monoisotopic (exact) mass is 176 g/mol. The first kappa shape index (κ1) is 8.46. The van der Waals surface area contributed by atoms with Gasteiger partial charge >= 0.3 is 0 Å². The quantitative estimate of drug-likeness (QED) is 0.393. The fraction of sp³-hybridized carbons (Fsp3) is 0.833. The van der Waals surface area contributed by atoms with E-state index in [1.165, 1.54) is 0 Å². The molecule has 1 aliphatic rings. The number of thiocarbonyl (C=S) groups is 1. The normalized spacial score (nSPS) is 27.5. The molecule has 1 rings (SSSR count). The van der Waals surface area contributed by atoms with Gasteiger partial charge < -0.3 is 10.6 Å². The van der Waals surface area contributed by atoms with Crippen molar-refractivity contribution in [3.8, 4) is 0 Å². The third-order valence-electron chi connectivity index (χ3n) is 1.60. The number of hydrogen-bond donors (Lipinski definition) is 3. The van der Waals surface area contributed by atoms with Crippen LogP contribution in [0.2, 0.25) is 0 Å². The van der Waals surface area contributed by atoms with Crippen molar-refractivity contribution in [2.45, 2.75) is 12.5 Å². The smallest absolute Gasteiger partial charge is 0.0618 e. The summed E-state index contributed by atoms with van der Waals surface area (Å²) < 4.78 is 0.781. The zero-order chi connectivity index (χ0) is 7.40. The van der Waals surface area contributed by atoms with Crippen molar-refractivity contribution in [1.29, 1.82) is 0 Å². The van der Waals surface area contributed by atoms with E-state index in [0.717, 1.165) is 30.3 Å². The van der Waals surface area contributed by atoms with Crippen LogP contribution in [0.3, 0.4) is 0 Å². The van der Waals surface area contributed by atoms with Crippen molar-refractivity contribution in [2.24, 2.45) is 0 Å². The molecule has 0 radical (unpaired) electrons. The number of hydrogen-bond acceptors (Lipinski definition) is 3. The molecule has 1 atom stereocenters. The van der Waals surface area contributed by atoms with Gasteiger partial charge in [0.2, 0.25) is 0 Å². The Morgan fingerprint density at radius 3 is 2.90 bits per heavy atom. The van der Waals surface area contributed by atoms with Gasteiger partial charge in [0.25, 0.3) is 0 Å². The van der Waals surface area contributed by atoms with E-state index < -0.39 is 0 Å². The molecule has 10 heavy (non-hydrogen) atoms. The first-order chi connectivity index (χ1) is 4.80. The van der Waals surface area contributed by atoms with Gasteiger partial charge in [0.05, 0.1) is 4.20 Å². The van der Waals surface area contributed by atoms with Crippen LogP contribution in [0.1, 0.15) is 6.42 Å². The summed E-state index contributed by atoms with van der Waals surface area (Å²) in [6.45, 7) is 3.07. The van der Waals surface area contributed by atoms with E-state index >= 15 is 0 Å². The summed E-state index contributed by atoms with van der Waals surface area (Å²) in [7, 11) is 0. The zero-order valence-corrected chi connectivity index (χ0v) is 7.47. The fourth-order valence-electron chi connectivity index (χ4n) is 1.02. The van der Waals surface area contributed by atoms with E-state index in [1.54, 1.807) is 0 Å². The lowest BCUT2D eigenvalue weighted by Crippen LogP contribution is -2.33. The van der Waals surface area contributed by atoms with Crippen LogP contribution in [0.4, 0.5) is 0 Å². The van der Waals surface area contributed by atoms with Crippen molar-refractivity contribution in [3.63, 3.8) is 0 Å². The number of thiol groups is 1. The predicted octanol–water partition coefficient (Wildman–Crippen LogP) is 0.195. The van der Waals surface area contributed by atoms with Crippen LogP contribution in [0.15, 0.2) is 0 Å². The molecule has 0 aromatic carbocycles. The van der Waals surface area contributed by atoms with Gasteiger partial charge in [0.1, 0.15) is 0 Å². The molecule has 0 aliphatic carbocycles. The van der Waals surface area contributed by atoms with Crippen LogP contribution in [-0.2, 0) is 0 Å². The number of nitrogens with one attached hydrogen (secondary N) is 2. The molecular weight excluding hydrogens is 164 g/mol. The molecule has 1 aliphatic heterocycles. The van der Waals surface area contributed by atoms with E-state index in [9.17, 15) is 0 Å². The highest BCUT2D eigenvalue weighted by Gasteiger charge is 2.12. The van der Waals surface area contributed by atoms with Gasteiger partial charge in [0, 0.05) is 19.1 Å². The van der Waals surface area contributed by atoms with Crippen LogP contribution < -0.4 is 10.6 Å². The third kappa shape index (κ3) is 2.54. The molecule has 0 amide bonds. The second-order valence-corrected chi connectivity index (χ2v) is 3.61. The molecule has 1 unspecified atom stereocenters. The fourth-order valence-corrected chi connectivity index (χ4v) is 1.44. The SMILES string of the molecule is S=C(S)C1CCNCCN1. The Labute approximate surface area is 72.2 Å². The molecule has 0 spiro atoms. The van der Waals surface area contributed by atoms with Crippen molar-refractivity contribution < 1.29 is 0 Å². The van der Waals surface area contributed by atoms with E-state index in [1.807, 2.05) is 0 Å². The van der Waals surface area contributed by atoms with E-state index in [0.29, 0.717) is 6.04 Å². The molecular formula is C6H12N2S2. The largest absolute Gasteiger partial charge is 0.315 e. The van der Waals surface area contributed by atoms with Gasteiger partial charge in [0.15, 0.2) is 0 Å². The Bertz CT molecular complexity index is 119. The molecule has 1 fully saturated rings. The van der Waals surface area contributed by atoms with Gasteiger partial charge in [-0.15, -0.1) is 12.6 Å². The second kappa shape index (κ2) is 4.28. The summed E-state index contributed by atoms with van der Waals surface area (Å²) in [5.74, 6) is 0. The van der Waals surface area contributed by atoms with Gasteiger partial charge in [-0.3, -0.25) is 0 Å². The van der Waals surface area contributed by atoms with E-state index in [-0.39, 0.29) is 0 Å². The zero-order valence-electron chi connectivity index (χ0n) is 5.76. The van der Waals surface area contributed by atoms with Crippen LogP contribution >= 0.6 is 24.8 Å².